The van der Waals surface area contributed by atoms with Crippen molar-refractivity contribution in [2.75, 3.05) is 0 Å². The van der Waals surface area contributed by atoms with E-state index in [1.54, 1.807) is 0 Å². The molecular weight excluding hydrogens is 314 g/mol. The largest absolute Gasteiger partial charge is 0.504 e. The SMILES string of the molecule is CCCc1c(C(=O)O)cc(O)c(O)c1O.c1ccc2[nH]nnc2c1. The van der Waals surface area contributed by atoms with Crippen molar-refractivity contribution in [3.05, 3.63) is 41.5 Å². The van der Waals surface area contributed by atoms with Crippen molar-refractivity contribution in [3.8, 4) is 17.2 Å². The number of carbonyl (C=O) groups is 1. The predicted octanol–water partition coefficient (Wildman–Crippen LogP) is 2.41. The number of carboxylic acids is 1. The van der Waals surface area contributed by atoms with Gasteiger partial charge in [0.1, 0.15) is 5.52 Å². The second kappa shape index (κ2) is 7.32. The van der Waals surface area contributed by atoms with Crippen LogP contribution in [0, 0.1) is 0 Å². The van der Waals surface area contributed by atoms with Gasteiger partial charge >= 0.3 is 5.97 Å². The highest BCUT2D eigenvalue weighted by atomic mass is 16.4. The van der Waals surface area contributed by atoms with Crippen molar-refractivity contribution < 1.29 is 25.2 Å². The zero-order valence-electron chi connectivity index (χ0n) is 12.9. The molecular formula is C16H17N3O5. The first-order valence-electron chi connectivity index (χ1n) is 7.21. The predicted molar refractivity (Wildman–Crippen MR) is 86.3 cm³/mol. The molecule has 0 radical (unpaired) electrons. The summed E-state index contributed by atoms with van der Waals surface area (Å²) in [6.45, 7) is 1.81. The first-order chi connectivity index (χ1) is 11.5. The number of aromatic hydroxyl groups is 3. The number of phenols is 3. The summed E-state index contributed by atoms with van der Waals surface area (Å²) in [6.07, 6.45) is 0.944. The number of aromatic carboxylic acids is 1. The van der Waals surface area contributed by atoms with Crippen LogP contribution in [-0.2, 0) is 6.42 Å². The zero-order valence-corrected chi connectivity index (χ0v) is 12.9. The van der Waals surface area contributed by atoms with Crippen molar-refractivity contribution in [2.24, 2.45) is 0 Å². The lowest BCUT2D eigenvalue weighted by Crippen LogP contribution is -2.02. The second-order valence-corrected chi connectivity index (χ2v) is 5.00. The minimum absolute atomic E-state index is 0.139. The van der Waals surface area contributed by atoms with E-state index in [0.717, 1.165) is 17.1 Å². The van der Waals surface area contributed by atoms with E-state index >= 15 is 0 Å². The summed E-state index contributed by atoms with van der Waals surface area (Å²) < 4.78 is 0. The Bertz CT molecular complexity index is 830. The molecule has 0 atom stereocenters. The van der Waals surface area contributed by atoms with Crippen LogP contribution in [0.25, 0.3) is 11.0 Å². The maximum absolute atomic E-state index is 10.8. The van der Waals surface area contributed by atoms with Crippen LogP contribution < -0.4 is 0 Å². The van der Waals surface area contributed by atoms with E-state index < -0.39 is 23.2 Å². The molecule has 0 amide bonds. The topological polar surface area (TPSA) is 140 Å². The normalized spacial score (nSPS) is 10.2. The van der Waals surface area contributed by atoms with Gasteiger partial charge in [0.2, 0.25) is 5.75 Å². The fraction of sp³-hybridized carbons (Fsp3) is 0.188. The maximum atomic E-state index is 10.8. The van der Waals surface area contributed by atoms with Crippen LogP contribution in [0.5, 0.6) is 17.2 Å². The number of rotatable bonds is 3. The van der Waals surface area contributed by atoms with E-state index in [9.17, 15) is 15.0 Å². The molecule has 0 aliphatic carbocycles. The van der Waals surface area contributed by atoms with E-state index in [1.165, 1.54) is 0 Å². The van der Waals surface area contributed by atoms with Crippen LogP contribution >= 0.6 is 0 Å². The minimum Gasteiger partial charge on any atom is -0.504 e. The molecule has 1 heterocycles. The number of hydrogen-bond acceptors (Lipinski definition) is 6. The van der Waals surface area contributed by atoms with Crippen LogP contribution in [0.4, 0.5) is 0 Å². The fourth-order valence-corrected chi connectivity index (χ4v) is 2.17. The van der Waals surface area contributed by atoms with Crippen molar-refractivity contribution in [3.63, 3.8) is 0 Å². The van der Waals surface area contributed by atoms with Gasteiger partial charge in [0.15, 0.2) is 11.5 Å². The van der Waals surface area contributed by atoms with Gasteiger partial charge in [-0.3, -0.25) is 5.10 Å². The van der Waals surface area contributed by atoms with Crippen LogP contribution in [-0.4, -0.2) is 41.8 Å². The number of fused-ring (bicyclic) bond motifs is 1. The molecule has 0 saturated carbocycles. The van der Waals surface area contributed by atoms with Gasteiger partial charge < -0.3 is 20.4 Å². The monoisotopic (exact) mass is 331 g/mol. The number of benzene rings is 2. The van der Waals surface area contributed by atoms with E-state index in [4.69, 9.17) is 10.2 Å². The number of phenolic OH excluding ortho intramolecular Hbond substituents is 3. The highest BCUT2D eigenvalue weighted by molar-refractivity contribution is 5.91. The van der Waals surface area contributed by atoms with Crippen LogP contribution in [0.2, 0.25) is 0 Å². The number of nitrogens with one attached hydrogen (secondary N) is 1. The first-order valence-corrected chi connectivity index (χ1v) is 7.21. The van der Waals surface area contributed by atoms with E-state index in [2.05, 4.69) is 15.4 Å². The van der Waals surface area contributed by atoms with E-state index in [1.807, 2.05) is 31.2 Å². The maximum Gasteiger partial charge on any atom is 0.336 e. The molecule has 5 N–H and O–H groups in total. The van der Waals surface area contributed by atoms with Crippen LogP contribution in [0.15, 0.2) is 30.3 Å². The number of para-hydroxylation sites is 1. The van der Waals surface area contributed by atoms with Gasteiger partial charge in [0, 0.05) is 5.56 Å². The summed E-state index contributed by atoms with van der Waals surface area (Å²) in [6, 6.07) is 8.67. The average molecular weight is 331 g/mol. The highest BCUT2D eigenvalue weighted by Gasteiger charge is 2.19. The van der Waals surface area contributed by atoms with Crippen molar-refractivity contribution in [2.45, 2.75) is 19.8 Å². The molecule has 8 heteroatoms. The third kappa shape index (κ3) is 3.54. The van der Waals surface area contributed by atoms with Gasteiger partial charge in [-0.1, -0.05) is 30.7 Å². The molecule has 8 nitrogen and oxygen atoms in total. The number of aromatic amines is 1. The molecule has 0 fully saturated rings. The zero-order chi connectivity index (χ0) is 17.7. The number of aromatic nitrogens is 3. The van der Waals surface area contributed by atoms with Gasteiger partial charge in [-0.15, -0.1) is 5.10 Å². The third-order valence-corrected chi connectivity index (χ3v) is 3.32. The summed E-state index contributed by atoms with van der Waals surface area (Å²) in [5.74, 6) is -3.12. The van der Waals surface area contributed by atoms with Gasteiger partial charge in [0.25, 0.3) is 0 Å². The van der Waals surface area contributed by atoms with Gasteiger partial charge in [-0.25, -0.2) is 4.79 Å². The molecule has 0 bridgehead atoms. The van der Waals surface area contributed by atoms with Crippen molar-refractivity contribution >= 4 is 17.0 Å². The van der Waals surface area contributed by atoms with Crippen LogP contribution in [0.3, 0.4) is 0 Å². The molecule has 2 aromatic carbocycles. The van der Waals surface area contributed by atoms with Crippen molar-refractivity contribution in [1.82, 2.24) is 15.4 Å². The molecule has 3 rings (SSSR count). The summed E-state index contributed by atoms with van der Waals surface area (Å²) in [5, 5.41) is 46.9. The Labute approximate surface area is 137 Å². The standard InChI is InChI=1S/C10H12O5.C6H5N3/c1-2-3-5-6(10(14)15)4-7(11)9(13)8(5)12;1-2-4-6-5(3-1)7-9-8-6/h4,11-13H,2-3H2,1H3,(H,14,15);1-4H,(H,7,8,9). The molecule has 24 heavy (non-hydrogen) atoms. The third-order valence-electron chi connectivity index (χ3n) is 3.32. The Kier molecular flexibility index (Phi) is 5.20. The lowest BCUT2D eigenvalue weighted by atomic mass is 10.0. The Hall–Kier alpha value is -3.29. The fourth-order valence-electron chi connectivity index (χ4n) is 2.17. The molecule has 1 aromatic heterocycles. The van der Waals surface area contributed by atoms with Crippen molar-refractivity contribution in [1.29, 1.82) is 0 Å². The van der Waals surface area contributed by atoms with Gasteiger partial charge in [-0.05, 0) is 24.6 Å². The highest BCUT2D eigenvalue weighted by Crippen LogP contribution is 2.40. The number of H-pyrrole nitrogens is 1. The van der Waals surface area contributed by atoms with E-state index in [-0.39, 0.29) is 11.1 Å². The minimum atomic E-state index is -1.25. The number of nitrogens with zero attached hydrogens (tertiary/aromatic N) is 2. The Morgan fingerprint density at radius 2 is 1.88 bits per heavy atom. The summed E-state index contributed by atoms with van der Waals surface area (Å²) >= 11 is 0. The quantitative estimate of drug-likeness (QED) is 0.464. The van der Waals surface area contributed by atoms with Gasteiger partial charge in [-0.2, -0.15) is 0 Å². The molecule has 3 aromatic rings. The second-order valence-electron chi connectivity index (χ2n) is 5.00. The molecule has 0 spiro atoms. The molecule has 0 aliphatic rings. The molecule has 0 unspecified atom stereocenters. The lowest BCUT2D eigenvalue weighted by Gasteiger charge is -2.10. The molecule has 0 saturated heterocycles. The molecule has 126 valence electrons. The Morgan fingerprint density at radius 1 is 1.17 bits per heavy atom. The summed E-state index contributed by atoms with van der Waals surface area (Å²) in [4.78, 5) is 10.8. The number of carboxylic acid groups (broad SMARTS) is 1. The Morgan fingerprint density at radius 3 is 2.50 bits per heavy atom. The number of hydrogen-bond donors (Lipinski definition) is 5. The van der Waals surface area contributed by atoms with Crippen LogP contribution in [0.1, 0.15) is 29.3 Å². The summed E-state index contributed by atoms with van der Waals surface area (Å²) in [5.41, 5.74) is 1.85. The smallest absolute Gasteiger partial charge is 0.336 e. The lowest BCUT2D eigenvalue weighted by molar-refractivity contribution is 0.0694. The summed E-state index contributed by atoms with van der Waals surface area (Å²) in [7, 11) is 0. The Balaban J connectivity index is 0.000000194. The van der Waals surface area contributed by atoms with E-state index in [0.29, 0.717) is 12.8 Å². The first kappa shape index (κ1) is 17.1. The van der Waals surface area contributed by atoms with Gasteiger partial charge in [0.05, 0.1) is 11.1 Å². The average Bonchev–Trinajstić information content (AvgIpc) is 3.04. The molecule has 0 aliphatic heterocycles.